The lowest BCUT2D eigenvalue weighted by atomic mass is 9.99. The summed E-state index contributed by atoms with van der Waals surface area (Å²) < 4.78 is 0. The van der Waals surface area contributed by atoms with Crippen molar-refractivity contribution in [2.45, 2.75) is 26.9 Å². The van der Waals surface area contributed by atoms with Crippen LogP contribution in [0.2, 0.25) is 0 Å². The van der Waals surface area contributed by atoms with Gasteiger partial charge in [-0.2, -0.15) is 5.10 Å². The Bertz CT molecular complexity index is 1290. The second-order valence-corrected chi connectivity index (χ2v) is 7.67. The molecule has 30 heavy (non-hydrogen) atoms. The topological polar surface area (TPSA) is 93.5 Å². The molecule has 0 fully saturated rings. The smallest absolute Gasteiger partial charge is 0.340 e. The minimum Gasteiger partial charge on any atom is -0.364 e. The number of aromatic amines is 3. The van der Waals surface area contributed by atoms with E-state index in [0.717, 1.165) is 22.8 Å². The third kappa shape index (κ3) is 3.45. The number of benzene rings is 2. The van der Waals surface area contributed by atoms with Gasteiger partial charge >= 0.3 is 5.69 Å². The Morgan fingerprint density at radius 1 is 0.967 bits per heavy atom. The predicted octanol–water partition coefficient (Wildman–Crippen LogP) is 3.76. The van der Waals surface area contributed by atoms with Crippen molar-refractivity contribution in [3.63, 3.8) is 0 Å². The van der Waals surface area contributed by atoms with E-state index in [0.29, 0.717) is 18.9 Å². The van der Waals surface area contributed by atoms with Gasteiger partial charge in [-0.3, -0.25) is 4.98 Å². The van der Waals surface area contributed by atoms with Gasteiger partial charge in [-0.05, 0) is 42.2 Å². The second-order valence-electron chi connectivity index (χ2n) is 7.67. The van der Waals surface area contributed by atoms with Crippen LogP contribution in [0.5, 0.6) is 0 Å². The number of hydrogen-bond acceptors (Lipinski definition) is 4. The molecule has 2 aromatic heterocycles. The Labute approximate surface area is 173 Å². The van der Waals surface area contributed by atoms with Crippen molar-refractivity contribution in [2.24, 2.45) is 0 Å². The van der Waals surface area contributed by atoms with Crippen molar-refractivity contribution in [3.05, 3.63) is 87.5 Å². The molecule has 3 heterocycles. The largest absolute Gasteiger partial charge is 0.364 e. The average Bonchev–Trinajstić information content (AvgIpc) is 3.36. The van der Waals surface area contributed by atoms with Crippen LogP contribution in [-0.4, -0.2) is 30.0 Å². The normalized spacial score (nSPS) is 12.9. The first-order valence-corrected chi connectivity index (χ1v) is 9.88. The second kappa shape index (κ2) is 7.18. The lowest BCUT2D eigenvalue weighted by molar-refractivity contribution is 0.346. The molecule has 4 aromatic rings. The molecule has 0 aliphatic carbocycles. The van der Waals surface area contributed by atoms with Crippen LogP contribution >= 0.6 is 0 Å². The van der Waals surface area contributed by atoms with E-state index in [2.05, 4.69) is 81.4 Å². The minimum atomic E-state index is -0.294. The van der Waals surface area contributed by atoms with E-state index in [1.165, 1.54) is 22.3 Å². The quantitative estimate of drug-likeness (QED) is 0.488. The van der Waals surface area contributed by atoms with Crippen molar-refractivity contribution in [2.75, 3.05) is 0 Å². The maximum absolute atomic E-state index is 11.2. The summed E-state index contributed by atoms with van der Waals surface area (Å²) in [6.45, 7) is 5.44. The maximum atomic E-state index is 11.2. The third-order valence-corrected chi connectivity index (χ3v) is 5.52. The van der Waals surface area contributed by atoms with Gasteiger partial charge in [0.25, 0.3) is 0 Å². The summed E-state index contributed by atoms with van der Waals surface area (Å²) in [6, 6.07) is 15.0. The van der Waals surface area contributed by atoms with E-state index in [-0.39, 0.29) is 5.69 Å². The third-order valence-electron chi connectivity index (χ3n) is 5.52. The molecular weight excluding hydrogens is 376 g/mol. The number of imidazole rings is 1. The molecule has 0 saturated heterocycles. The Morgan fingerprint density at radius 2 is 1.73 bits per heavy atom. The van der Waals surface area contributed by atoms with Gasteiger partial charge in [-0.25, -0.2) is 14.9 Å². The van der Waals surface area contributed by atoms with Crippen molar-refractivity contribution < 1.29 is 0 Å². The van der Waals surface area contributed by atoms with Gasteiger partial charge < -0.3 is 9.88 Å². The van der Waals surface area contributed by atoms with Crippen LogP contribution in [0.15, 0.2) is 53.5 Å². The molecule has 0 radical (unpaired) electrons. The van der Waals surface area contributed by atoms with Gasteiger partial charge in [-0.15, -0.1) is 0 Å². The molecule has 2 aromatic carbocycles. The summed E-state index contributed by atoms with van der Waals surface area (Å²) in [4.78, 5) is 24.2. The first-order chi connectivity index (χ1) is 14.5. The van der Waals surface area contributed by atoms with Crippen LogP contribution in [0.3, 0.4) is 0 Å². The summed E-state index contributed by atoms with van der Waals surface area (Å²) in [5.41, 5.74) is 7.75. The van der Waals surface area contributed by atoms with E-state index < -0.39 is 0 Å². The number of aryl methyl sites for hydroxylation is 2. The predicted molar refractivity (Wildman–Crippen MR) is 116 cm³/mol. The minimum absolute atomic E-state index is 0.294. The zero-order chi connectivity index (χ0) is 20.7. The summed E-state index contributed by atoms with van der Waals surface area (Å²) in [5, 5.41) is 6.36. The summed E-state index contributed by atoms with van der Waals surface area (Å²) in [5.74, 6) is 1.46. The van der Waals surface area contributed by atoms with Crippen molar-refractivity contribution in [1.29, 1.82) is 0 Å². The highest BCUT2D eigenvalue weighted by Gasteiger charge is 2.17. The van der Waals surface area contributed by atoms with Gasteiger partial charge in [0.2, 0.25) is 0 Å². The fourth-order valence-corrected chi connectivity index (χ4v) is 3.67. The summed E-state index contributed by atoms with van der Waals surface area (Å²) >= 11 is 0. The van der Waals surface area contributed by atoms with Gasteiger partial charge in [0.15, 0.2) is 0 Å². The molecule has 7 nitrogen and oxygen atoms in total. The van der Waals surface area contributed by atoms with E-state index in [9.17, 15) is 4.79 Å². The Hall–Kier alpha value is -3.87. The number of nitrogens with zero attached hydrogens (tertiary/aromatic N) is 3. The van der Waals surface area contributed by atoms with E-state index in [4.69, 9.17) is 4.98 Å². The van der Waals surface area contributed by atoms with Gasteiger partial charge in [0.1, 0.15) is 11.6 Å². The number of H-pyrrole nitrogens is 3. The number of nitrogens with one attached hydrogen (secondary N) is 3. The molecule has 1 aliphatic rings. The standard InChI is InChI=1S/C23H22N6O/c1-14-3-4-18(11-15(14)2)16-5-7-17(8-6-16)22-24-19-9-10-29(12-20(19)25-22)13-21-26-23(30)28-27-21/h3-11H,12-13H2,1-2H3,(H,24,25)(H2,26,27,28,30). The highest BCUT2D eigenvalue weighted by Crippen LogP contribution is 2.27. The molecule has 1 aliphatic heterocycles. The van der Waals surface area contributed by atoms with E-state index >= 15 is 0 Å². The van der Waals surface area contributed by atoms with Crippen LogP contribution in [0.4, 0.5) is 0 Å². The van der Waals surface area contributed by atoms with Gasteiger partial charge in [0, 0.05) is 11.8 Å². The monoisotopic (exact) mass is 398 g/mol. The Morgan fingerprint density at radius 3 is 2.47 bits per heavy atom. The van der Waals surface area contributed by atoms with Crippen molar-refractivity contribution in [1.82, 2.24) is 30.0 Å². The number of rotatable bonds is 4. The molecule has 0 bridgehead atoms. The molecule has 5 rings (SSSR count). The highest BCUT2D eigenvalue weighted by molar-refractivity contribution is 5.69. The molecule has 7 heteroatoms. The first kappa shape index (κ1) is 18.2. The van der Waals surface area contributed by atoms with Crippen LogP contribution in [0, 0.1) is 13.8 Å². The van der Waals surface area contributed by atoms with Gasteiger partial charge in [-0.1, -0.05) is 42.5 Å². The molecule has 0 saturated carbocycles. The summed E-state index contributed by atoms with van der Waals surface area (Å²) in [7, 11) is 0. The van der Waals surface area contributed by atoms with Crippen LogP contribution in [0.1, 0.15) is 28.3 Å². The lowest BCUT2D eigenvalue weighted by Gasteiger charge is -2.21. The molecule has 0 atom stereocenters. The maximum Gasteiger partial charge on any atom is 0.340 e. The van der Waals surface area contributed by atoms with Crippen LogP contribution < -0.4 is 5.69 Å². The average molecular weight is 398 g/mol. The SMILES string of the molecule is Cc1ccc(-c2ccc(-c3nc4c([nH]3)C=CN(Cc3n[nH]c(=O)[nH]3)C4)cc2)cc1C. The Balaban J connectivity index is 1.35. The highest BCUT2D eigenvalue weighted by atomic mass is 16.1. The zero-order valence-electron chi connectivity index (χ0n) is 16.9. The lowest BCUT2D eigenvalue weighted by Crippen LogP contribution is -2.20. The first-order valence-electron chi connectivity index (χ1n) is 9.88. The number of hydrogen-bond donors (Lipinski definition) is 3. The molecule has 0 amide bonds. The molecule has 150 valence electrons. The molecular formula is C23H22N6O. The van der Waals surface area contributed by atoms with Gasteiger partial charge in [0.05, 0.1) is 24.5 Å². The van der Waals surface area contributed by atoms with E-state index in [1.807, 2.05) is 12.3 Å². The fourth-order valence-electron chi connectivity index (χ4n) is 3.67. The van der Waals surface area contributed by atoms with Crippen LogP contribution in [0.25, 0.3) is 28.6 Å². The zero-order valence-corrected chi connectivity index (χ0v) is 16.9. The molecule has 0 spiro atoms. The number of aromatic nitrogens is 5. The fraction of sp³-hybridized carbons (Fsp3) is 0.174. The Kier molecular flexibility index (Phi) is 4.35. The molecule has 0 unspecified atom stereocenters. The van der Waals surface area contributed by atoms with Crippen molar-refractivity contribution >= 4 is 6.08 Å². The van der Waals surface area contributed by atoms with Crippen LogP contribution in [-0.2, 0) is 13.1 Å². The van der Waals surface area contributed by atoms with E-state index in [1.54, 1.807) is 0 Å². The summed E-state index contributed by atoms with van der Waals surface area (Å²) in [6.07, 6.45) is 3.99. The molecule has 3 N–H and O–H groups in total. The van der Waals surface area contributed by atoms with Crippen molar-refractivity contribution in [3.8, 4) is 22.5 Å². The number of fused-ring (bicyclic) bond motifs is 1.